The molecule has 2 aromatic carbocycles. The summed E-state index contributed by atoms with van der Waals surface area (Å²) in [6, 6.07) is 17.6. The SMILES string of the molecule is COc1ccc([C@H]2c3nc[nH]c3CCN2C(=O)Cc2cccc3cccnc23)cc1. The van der Waals surface area contributed by atoms with Gasteiger partial charge in [-0.25, -0.2) is 4.98 Å². The zero-order valence-electron chi connectivity index (χ0n) is 16.7. The molecule has 0 bridgehead atoms. The zero-order valence-corrected chi connectivity index (χ0v) is 16.7. The fourth-order valence-electron chi connectivity index (χ4n) is 4.24. The number of methoxy groups -OCH3 is 1. The van der Waals surface area contributed by atoms with Crippen LogP contribution in [0.5, 0.6) is 5.75 Å². The van der Waals surface area contributed by atoms with E-state index in [0.717, 1.165) is 45.6 Å². The van der Waals surface area contributed by atoms with Crippen LogP contribution in [0.1, 0.15) is 28.6 Å². The fraction of sp³-hybridized carbons (Fsp3) is 0.208. The molecule has 2 aromatic heterocycles. The van der Waals surface area contributed by atoms with Crippen LogP contribution in [0.4, 0.5) is 0 Å². The Balaban J connectivity index is 1.50. The van der Waals surface area contributed by atoms with Gasteiger partial charge in [0.05, 0.1) is 31.1 Å². The Morgan fingerprint density at radius 2 is 1.97 bits per heavy atom. The number of para-hydroxylation sites is 1. The summed E-state index contributed by atoms with van der Waals surface area (Å²) in [6.45, 7) is 0.642. The fourth-order valence-corrected chi connectivity index (χ4v) is 4.24. The summed E-state index contributed by atoms with van der Waals surface area (Å²) in [6.07, 6.45) is 4.55. The minimum atomic E-state index is -0.221. The number of H-pyrrole nitrogens is 1. The largest absolute Gasteiger partial charge is 0.497 e. The van der Waals surface area contributed by atoms with Crippen LogP contribution >= 0.6 is 0 Å². The summed E-state index contributed by atoms with van der Waals surface area (Å²) in [5, 5.41) is 1.04. The number of carbonyl (C=O) groups is 1. The molecular weight excluding hydrogens is 376 g/mol. The van der Waals surface area contributed by atoms with E-state index >= 15 is 0 Å². The number of amides is 1. The molecule has 150 valence electrons. The molecule has 0 spiro atoms. The van der Waals surface area contributed by atoms with Gasteiger partial charge in [-0.2, -0.15) is 0 Å². The third-order valence-electron chi connectivity index (χ3n) is 5.73. The number of hydrogen-bond acceptors (Lipinski definition) is 4. The van der Waals surface area contributed by atoms with Gasteiger partial charge in [-0.15, -0.1) is 0 Å². The van der Waals surface area contributed by atoms with Gasteiger partial charge >= 0.3 is 0 Å². The number of nitrogens with zero attached hydrogens (tertiary/aromatic N) is 3. The molecule has 3 heterocycles. The van der Waals surface area contributed by atoms with E-state index in [1.54, 1.807) is 19.6 Å². The number of imidazole rings is 1. The Morgan fingerprint density at radius 1 is 1.13 bits per heavy atom. The van der Waals surface area contributed by atoms with E-state index in [4.69, 9.17) is 4.74 Å². The van der Waals surface area contributed by atoms with E-state index in [9.17, 15) is 4.79 Å². The van der Waals surface area contributed by atoms with Gasteiger partial charge in [0.1, 0.15) is 11.8 Å². The summed E-state index contributed by atoms with van der Waals surface area (Å²) in [7, 11) is 1.65. The lowest BCUT2D eigenvalue weighted by Gasteiger charge is -2.35. The van der Waals surface area contributed by atoms with Crippen LogP contribution in [0.2, 0.25) is 0 Å². The zero-order chi connectivity index (χ0) is 20.5. The summed E-state index contributed by atoms with van der Waals surface area (Å²) in [4.78, 5) is 27.7. The molecule has 6 nitrogen and oxygen atoms in total. The number of benzene rings is 2. The predicted octanol–water partition coefficient (Wildman–Crippen LogP) is 3.68. The first-order valence-corrected chi connectivity index (χ1v) is 10.0. The predicted molar refractivity (Wildman–Crippen MR) is 114 cm³/mol. The maximum atomic E-state index is 13.5. The minimum Gasteiger partial charge on any atom is -0.497 e. The van der Waals surface area contributed by atoms with Gasteiger partial charge in [0.2, 0.25) is 5.91 Å². The molecule has 1 amide bonds. The molecule has 5 rings (SSSR count). The van der Waals surface area contributed by atoms with Crippen molar-refractivity contribution in [3.8, 4) is 5.75 Å². The average molecular weight is 398 g/mol. The van der Waals surface area contributed by atoms with Crippen molar-refractivity contribution in [2.75, 3.05) is 13.7 Å². The number of ether oxygens (including phenoxy) is 1. The molecule has 4 aromatic rings. The van der Waals surface area contributed by atoms with Gasteiger partial charge in [-0.3, -0.25) is 9.78 Å². The molecule has 0 aliphatic carbocycles. The highest BCUT2D eigenvalue weighted by atomic mass is 16.5. The molecule has 6 heteroatoms. The Kier molecular flexibility index (Phi) is 4.67. The molecule has 0 unspecified atom stereocenters. The standard InChI is InChI=1S/C24H22N4O2/c1-30-19-9-7-17(8-10-19)24-23-20(26-15-27-23)11-13-28(24)21(29)14-18-5-2-4-16-6-3-12-25-22(16)18/h2-10,12,15,24H,11,13-14H2,1H3,(H,26,27)/t24-/m0/s1. The maximum absolute atomic E-state index is 13.5. The maximum Gasteiger partial charge on any atom is 0.227 e. The number of hydrogen-bond donors (Lipinski definition) is 1. The minimum absolute atomic E-state index is 0.0719. The first kappa shape index (κ1) is 18.4. The van der Waals surface area contributed by atoms with Crippen molar-refractivity contribution < 1.29 is 9.53 Å². The smallest absolute Gasteiger partial charge is 0.227 e. The summed E-state index contributed by atoms with van der Waals surface area (Å²) >= 11 is 0. The monoisotopic (exact) mass is 398 g/mol. The van der Waals surface area contributed by atoms with E-state index in [1.807, 2.05) is 59.5 Å². The summed E-state index contributed by atoms with van der Waals surface area (Å²) in [5.74, 6) is 0.860. The van der Waals surface area contributed by atoms with Crippen molar-refractivity contribution in [2.45, 2.75) is 18.9 Å². The van der Waals surface area contributed by atoms with Gasteiger partial charge in [0.25, 0.3) is 0 Å². The molecule has 1 atom stereocenters. The van der Waals surface area contributed by atoms with Gasteiger partial charge in [0, 0.05) is 30.2 Å². The number of aromatic amines is 1. The molecular formula is C24H22N4O2. The highest BCUT2D eigenvalue weighted by molar-refractivity contribution is 5.88. The molecule has 1 N–H and O–H groups in total. The molecule has 0 radical (unpaired) electrons. The van der Waals surface area contributed by atoms with Crippen molar-refractivity contribution in [3.63, 3.8) is 0 Å². The average Bonchev–Trinajstić information content (AvgIpc) is 3.28. The highest BCUT2D eigenvalue weighted by Gasteiger charge is 2.34. The highest BCUT2D eigenvalue weighted by Crippen LogP contribution is 2.34. The molecule has 0 saturated heterocycles. The Labute approximate surface area is 174 Å². The van der Waals surface area contributed by atoms with Crippen molar-refractivity contribution >= 4 is 16.8 Å². The van der Waals surface area contributed by atoms with Crippen LogP contribution in [0.15, 0.2) is 67.1 Å². The van der Waals surface area contributed by atoms with Crippen LogP contribution in [0.25, 0.3) is 10.9 Å². The van der Waals surface area contributed by atoms with Crippen LogP contribution in [-0.2, 0) is 17.6 Å². The number of pyridine rings is 1. The third kappa shape index (κ3) is 3.20. The van der Waals surface area contributed by atoms with E-state index < -0.39 is 0 Å². The van der Waals surface area contributed by atoms with Crippen molar-refractivity contribution in [1.29, 1.82) is 0 Å². The molecule has 1 aliphatic rings. The number of aromatic nitrogens is 3. The van der Waals surface area contributed by atoms with Gasteiger partial charge in [-0.1, -0.05) is 36.4 Å². The Bertz CT molecular complexity index is 1190. The van der Waals surface area contributed by atoms with Gasteiger partial charge in [-0.05, 0) is 29.3 Å². The molecule has 0 fully saturated rings. The molecule has 0 saturated carbocycles. The second kappa shape index (κ2) is 7.63. The quantitative estimate of drug-likeness (QED) is 0.569. The van der Waals surface area contributed by atoms with Crippen molar-refractivity contribution in [2.24, 2.45) is 0 Å². The van der Waals surface area contributed by atoms with Crippen LogP contribution < -0.4 is 4.74 Å². The number of carbonyl (C=O) groups excluding carboxylic acids is 1. The lowest BCUT2D eigenvalue weighted by Crippen LogP contribution is -2.41. The Hall–Kier alpha value is -3.67. The number of fused-ring (bicyclic) bond motifs is 2. The van der Waals surface area contributed by atoms with Crippen LogP contribution in [0.3, 0.4) is 0 Å². The van der Waals surface area contributed by atoms with Crippen molar-refractivity contribution in [1.82, 2.24) is 19.9 Å². The molecule has 1 aliphatic heterocycles. The van der Waals surface area contributed by atoms with Crippen molar-refractivity contribution in [3.05, 3.63) is 89.6 Å². The van der Waals surface area contributed by atoms with E-state index in [0.29, 0.717) is 13.0 Å². The van der Waals surface area contributed by atoms with E-state index in [-0.39, 0.29) is 11.9 Å². The van der Waals surface area contributed by atoms with Crippen LogP contribution in [0, 0.1) is 0 Å². The first-order chi connectivity index (χ1) is 14.7. The molecule has 30 heavy (non-hydrogen) atoms. The summed E-state index contributed by atoms with van der Waals surface area (Å²) < 4.78 is 5.30. The lowest BCUT2D eigenvalue weighted by molar-refractivity contribution is -0.132. The second-order valence-corrected chi connectivity index (χ2v) is 7.45. The normalized spacial score (nSPS) is 15.8. The summed E-state index contributed by atoms with van der Waals surface area (Å²) in [5.41, 5.74) is 4.85. The van der Waals surface area contributed by atoms with E-state index in [1.165, 1.54) is 0 Å². The Morgan fingerprint density at radius 3 is 2.80 bits per heavy atom. The number of rotatable bonds is 4. The van der Waals surface area contributed by atoms with Crippen LogP contribution in [-0.4, -0.2) is 39.4 Å². The van der Waals surface area contributed by atoms with E-state index in [2.05, 4.69) is 15.0 Å². The number of nitrogens with one attached hydrogen (secondary N) is 1. The van der Waals surface area contributed by atoms with Gasteiger partial charge < -0.3 is 14.6 Å². The topological polar surface area (TPSA) is 71.1 Å². The lowest BCUT2D eigenvalue weighted by atomic mass is 9.94. The van der Waals surface area contributed by atoms with Gasteiger partial charge in [0.15, 0.2) is 0 Å². The third-order valence-corrected chi connectivity index (χ3v) is 5.73. The second-order valence-electron chi connectivity index (χ2n) is 7.45. The first-order valence-electron chi connectivity index (χ1n) is 10.0.